The number of nitrogens with zero attached hydrogens (tertiary/aromatic N) is 1. The number of benzene rings is 1. The Balaban J connectivity index is 2.01. The van der Waals surface area contributed by atoms with Gasteiger partial charge >= 0.3 is 0 Å². The Kier molecular flexibility index (Phi) is 6.74. The summed E-state index contributed by atoms with van der Waals surface area (Å²) >= 11 is 3.52. The summed E-state index contributed by atoms with van der Waals surface area (Å²) in [7, 11) is 1.93. The number of ether oxygens (including phenoxy) is 1. The standard InChI is InChI=1S/C18H26BrNO2/c1-3-4-12-22-17-11-10-14(13-16(17)19)18(21)20(2)15-8-6-5-7-9-15/h10-11,13,15H,3-9,12H2,1-2H3. The predicted octanol–water partition coefficient (Wildman–Crippen LogP) is 5.03. The molecule has 1 aliphatic rings. The molecule has 0 aliphatic heterocycles. The van der Waals surface area contributed by atoms with E-state index in [2.05, 4.69) is 22.9 Å². The maximum Gasteiger partial charge on any atom is 0.253 e. The van der Waals surface area contributed by atoms with Crippen LogP contribution in [0.4, 0.5) is 0 Å². The molecule has 22 heavy (non-hydrogen) atoms. The number of rotatable bonds is 6. The average Bonchev–Trinajstić information content (AvgIpc) is 2.56. The van der Waals surface area contributed by atoms with Gasteiger partial charge in [0, 0.05) is 18.7 Å². The van der Waals surface area contributed by atoms with Gasteiger partial charge in [-0.25, -0.2) is 0 Å². The monoisotopic (exact) mass is 367 g/mol. The van der Waals surface area contributed by atoms with Crippen LogP contribution in [0.1, 0.15) is 62.2 Å². The third-order valence-corrected chi connectivity index (χ3v) is 5.00. The molecule has 0 saturated heterocycles. The second-order valence-corrected chi connectivity index (χ2v) is 6.91. The first-order valence-electron chi connectivity index (χ1n) is 8.33. The first-order chi connectivity index (χ1) is 10.6. The maximum atomic E-state index is 12.6. The molecule has 0 spiro atoms. The van der Waals surface area contributed by atoms with Crippen molar-refractivity contribution in [1.29, 1.82) is 0 Å². The summed E-state index contributed by atoms with van der Waals surface area (Å²) < 4.78 is 6.57. The molecule has 122 valence electrons. The first kappa shape index (κ1) is 17.3. The van der Waals surface area contributed by atoms with Gasteiger partial charge in [0.15, 0.2) is 0 Å². The zero-order chi connectivity index (χ0) is 15.9. The van der Waals surface area contributed by atoms with Crippen molar-refractivity contribution in [3.05, 3.63) is 28.2 Å². The third-order valence-electron chi connectivity index (χ3n) is 4.38. The number of amides is 1. The predicted molar refractivity (Wildman–Crippen MR) is 93.5 cm³/mol. The number of halogens is 1. The number of unbranched alkanes of at least 4 members (excludes halogenated alkanes) is 1. The highest BCUT2D eigenvalue weighted by Crippen LogP contribution is 2.28. The Morgan fingerprint density at radius 2 is 2.05 bits per heavy atom. The summed E-state index contributed by atoms with van der Waals surface area (Å²) in [4.78, 5) is 14.5. The van der Waals surface area contributed by atoms with Crippen LogP contribution in [0.2, 0.25) is 0 Å². The lowest BCUT2D eigenvalue weighted by atomic mass is 9.94. The maximum absolute atomic E-state index is 12.6. The van der Waals surface area contributed by atoms with Crippen LogP contribution in [0.15, 0.2) is 22.7 Å². The van der Waals surface area contributed by atoms with Gasteiger partial charge in [0.25, 0.3) is 5.91 Å². The van der Waals surface area contributed by atoms with Gasteiger partial charge in [-0.15, -0.1) is 0 Å². The van der Waals surface area contributed by atoms with E-state index in [0.29, 0.717) is 12.6 Å². The van der Waals surface area contributed by atoms with E-state index in [1.54, 1.807) is 0 Å². The summed E-state index contributed by atoms with van der Waals surface area (Å²) in [5.74, 6) is 0.915. The van der Waals surface area contributed by atoms with E-state index in [-0.39, 0.29) is 5.91 Å². The number of carbonyl (C=O) groups excluding carboxylic acids is 1. The van der Waals surface area contributed by atoms with Crippen molar-refractivity contribution in [3.8, 4) is 5.75 Å². The van der Waals surface area contributed by atoms with E-state index in [9.17, 15) is 4.79 Å². The molecular weight excluding hydrogens is 342 g/mol. The van der Waals surface area contributed by atoms with Crippen molar-refractivity contribution in [2.24, 2.45) is 0 Å². The van der Waals surface area contributed by atoms with E-state index in [1.807, 2.05) is 30.1 Å². The number of hydrogen-bond donors (Lipinski definition) is 0. The van der Waals surface area contributed by atoms with Crippen LogP contribution in [-0.2, 0) is 0 Å². The van der Waals surface area contributed by atoms with Gasteiger partial charge in [-0.05, 0) is 53.4 Å². The van der Waals surface area contributed by atoms with E-state index < -0.39 is 0 Å². The Hall–Kier alpha value is -1.03. The zero-order valence-electron chi connectivity index (χ0n) is 13.6. The fourth-order valence-corrected chi connectivity index (χ4v) is 3.41. The number of carbonyl (C=O) groups is 1. The van der Waals surface area contributed by atoms with Crippen LogP contribution in [0.3, 0.4) is 0 Å². The molecule has 1 aromatic carbocycles. The van der Waals surface area contributed by atoms with Crippen LogP contribution in [0.5, 0.6) is 5.75 Å². The highest BCUT2D eigenvalue weighted by atomic mass is 79.9. The molecular formula is C18H26BrNO2. The normalized spacial score (nSPS) is 15.6. The molecule has 1 aromatic rings. The average molecular weight is 368 g/mol. The number of hydrogen-bond acceptors (Lipinski definition) is 2. The molecule has 1 aliphatic carbocycles. The van der Waals surface area contributed by atoms with Crippen molar-refractivity contribution in [3.63, 3.8) is 0 Å². The SMILES string of the molecule is CCCCOc1ccc(C(=O)N(C)C2CCCCC2)cc1Br. The first-order valence-corrected chi connectivity index (χ1v) is 9.12. The lowest BCUT2D eigenvalue weighted by Crippen LogP contribution is -2.38. The van der Waals surface area contributed by atoms with Gasteiger partial charge in [0.1, 0.15) is 5.75 Å². The molecule has 1 amide bonds. The van der Waals surface area contributed by atoms with Crippen molar-refractivity contribution in [2.45, 2.75) is 57.9 Å². The minimum Gasteiger partial charge on any atom is -0.492 e. The van der Waals surface area contributed by atoms with Crippen LogP contribution in [0, 0.1) is 0 Å². The fraction of sp³-hybridized carbons (Fsp3) is 0.611. The smallest absolute Gasteiger partial charge is 0.253 e. The molecule has 0 atom stereocenters. The topological polar surface area (TPSA) is 29.5 Å². The van der Waals surface area contributed by atoms with Gasteiger partial charge < -0.3 is 9.64 Å². The Morgan fingerprint density at radius 3 is 2.68 bits per heavy atom. The van der Waals surface area contributed by atoms with E-state index in [4.69, 9.17) is 4.74 Å². The van der Waals surface area contributed by atoms with Gasteiger partial charge in [-0.3, -0.25) is 4.79 Å². The summed E-state index contributed by atoms with van der Waals surface area (Å²) in [6.07, 6.45) is 8.17. The van der Waals surface area contributed by atoms with Crippen LogP contribution < -0.4 is 4.74 Å². The molecule has 1 fully saturated rings. The molecule has 0 aromatic heterocycles. The fourth-order valence-electron chi connectivity index (χ4n) is 2.92. The van der Waals surface area contributed by atoms with Gasteiger partial charge in [0.05, 0.1) is 11.1 Å². The van der Waals surface area contributed by atoms with E-state index >= 15 is 0 Å². The van der Waals surface area contributed by atoms with Gasteiger partial charge in [-0.1, -0.05) is 32.6 Å². The molecule has 3 nitrogen and oxygen atoms in total. The van der Waals surface area contributed by atoms with Crippen molar-refractivity contribution in [2.75, 3.05) is 13.7 Å². The molecule has 0 N–H and O–H groups in total. The molecule has 2 rings (SSSR count). The van der Waals surface area contributed by atoms with Crippen molar-refractivity contribution < 1.29 is 9.53 Å². The highest BCUT2D eigenvalue weighted by molar-refractivity contribution is 9.10. The van der Waals surface area contributed by atoms with Crippen LogP contribution >= 0.6 is 15.9 Å². The summed E-state index contributed by atoms with van der Waals surface area (Å²) in [6.45, 7) is 2.85. The lowest BCUT2D eigenvalue weighted by molar-refractivity contribution is 0.0696. The Labute approximate surface area is 142 Å². The Morgan fingerprint density at radius 1 is 1.32 bits per heavy atom. The quantitative estimate of drug-likeness (QED) is 0.659. The van der Waals surface area contributed by atoms with Crippen molar-refractivity contribution >= 4 is 21.8 Å². The molecule has 0 bridgehead atoms. The lowest BCUT2D eigenvalue weighted by Gasteiger charge is -2.31. The minimum atomic E-state index is 0.104. The van der Waals surface area contributed by atoms with Crippen molar-refractivity contribution in [1.82, 2.24) is 4.90 Å². The third kappa shape index (κ3) is 4.48. The summed E-state index contributed by atoms with van der Waals surface area (Å²) in [6, 6.07) is 6.03. The Bertz CT molecular complexity index is 498. The summed E-state index contributed by atoms with van der Waals surface area (Å²) in [5, 5.41) is 0. The molecule has 4 heteroatoms. The molecule has 1 saturated carbocycles. The zero-order valence-corrected chi connectivity index (χ0v) is 15.2. The van der Waals surface area contributed by atoms with Gasteiger partial charge in [-0.2, -0.15) is 0 Å². The van der Waals surface area contributed by atoms with Crippen LogP contribution in [0.25, 0.3) is 0 Å². The second kappa shape index (κ2) is 8.56. The van der Waals surface area contributed by atoms with E-state index in [1.165, 1.54) is 19.3 Å². The largest absolute Gasteiger partial charge is 0.492 e. The van der Waals surface area contributed by atoms with Crippen LogP contribution in [-0.4, -0.2) is 30.5 Å². The van der Waals surface area contributed by atoms with Gasteiger partial charge in [0.2, 0.25) is 0 Å². The summed E-state index contributed by atoms with van der Waals surface area (Å²) in [5.41, 5.74) is 0.725. The second-order valence-electron chi connectivity index (χ2n) is 6.06. The minimum absolute atomic E-state index is 0.104. The molecule has 0 radical (unpaired) electrons. The highest BCUT2D eigenvalue weighted by Gasteiger charge is 2.23. The van der Waals surface area contributed by atoms with E-state index in [0.717, 1.165) is 41.5 Å². The molecule has 0 heterocycles. The molecule has 0 unspecified atom stereocenters.